The van der Waals surface area contributed by atoms with Crippen LogP contribution in [-0.4, -0.2) is 16.1 Å². The summed E-state index contributed by atoms with van der Waals surface area (Å²) in [4.78, 5) is 11.9. The van der Waals surface area contributed by atoms with E-state index in [1.54, 1.807) is 6.20 Å². The highest BCUT2D eigenvalue weighted by Crippen LogP contribution is 2.24. The van der Waals surface area contributed by atoms with Gasteiger partial charge in [0.05, 0.1) is 6.20 Å². The number of anilines is 1. The number of nitrogens with zero attached hydrogens (tertiary/aromatic N) is 1. The maximum atomic E-state index is 11.9. The normalized spacial score (nSPS) is 17.7. The lowest BCUT2D eigenvalue weighted by molar-refractivity contribution is -0.120. The molecule has 4 nitrogen and oxygen atoms in total. The Balaban J connectivity index is 1.94. The van der Waals surface area contributed by atoms with Crippen LogP contribution in [0.2, 0.25) is 0 Å². The van der Waals surface area contributed by atoms with Gasteiger partial charge in [-0.05, 0) is 19.8 Å². The summed E-state index contributed by atoms with van der Waals surface area (Å²) in [6.07, 6.45) is 7.40. The number of hydrogen-bond acceptors (Lipinski definition) is 2. The third kappa shape index (κ3) is 2.37. The molecule has 1 heterocycles. The van der Waals surface area contributed by atoms with Gasteiger partial charge in [0.2, 0.25) is 5.91 Å². The van der Waals surface area contributed by atoms with Gasteiger partial charge in [-0.25, -0.2) is 0 Å². The Hall–Kier alpha value is -1.32. The Morgan fingerprint density at radius 3 is 2.80 bits per heavy atom. The fraction of sp³-hybridized carbons (Fsp3) is 0.636. The molecule has 0 aromatic carbocycles. The van der Waals surface area contributed by atoms with E-state index in [0.717, 1.165) is 24.2 Å². The zero-order chi connectivity index (χ0) is 10.7. The molecule has 1 fully saturated rings. The summed E-state index contributed by atoms with van der Waals surface area (Å²) >= 11 is 0. The van der Waals surface area contributed by atoms with Gasteiger partial charge < -0.3 is 5.32 Å². The van der Waals surface area contributed by atoms with E-state index in [2.05, 4.69) is 15.5 Å². The molecule has 0 spiro atoms. The van der Waals surface area contributed by atoms with Crippen LogP contribution in [0.1, 0.15) is 37.7 Å². The lowest BCUT2D eigenvalue weighted by Gasteiger charge is -2.20. The van der Waals surface area contributed by atoms with Crippen molar-refractivity contribution >= 4 is 11.7 Å². The summed E-state index contributed by atoms with van der Waals surface area (Å²) in [7, 11) is 0. The largest absolute Gasteiger partial charge is 0.311 e. The van der Waals surface area contributed by atoms with Crippen LogP contribution in [0.3, 0.4) is 0 Å². The molecule has 15 heavy (non-hydrogen) atoms. The summed E-state index contributed by atoms with van der Waals surface area (Å²) in [6, 6.07) is 0. The molecule has 1 aliphatic carbocycles. The second-order valence-corrected chi connectivity index (χ2v) is 4.25. The lowest BCUT2D eigenvalue weighted by atomic mass is 9.89. The van der Waals surface area contributed by atoms with Crippen LogP contribution in [0, 0.1) is 12.8 Å². The molecule has 1 aromatic heterocycles. The predicted octanol–water partition coefficient (Wildman–Crippen LogP) is 2.24. The minimum absolute atomic E-state index is 0.141. The number of carbonyl (C=O) groups excluding carboxylic acids is 1. The maximum Gasteiger partial charge on any atom is 0.228 e. The van der Waals surface area contributed by atoms with Crippen LogP contribution in [0.15, 0.2) is 6.20 Å². The molecule has 2 N–H and O–H groups in total. The number of rotatable bonds is 2. The van der Waals surface area contributed by atoms with Gasteiger partial charge in [-0.2, -0.15) is 5.10 Å². The summed E-state index contributed by atoms with van der Waals surface area (Å²) in [5, 5.41) is 9.58. The molecular formula is C11H17N3O. The fourth-order valence-corrected chi connectivity index (χ4v) is 2.06. The minimum Gasteiger partial charge on any atom is -0.311 e. The van der Waals surface area contributed by atoms with Crippen molar-refractivity contribution in [1.82, 2.24) is 10.2 Å². The highest BCUT2D eigenvalue weighted by molar-refractivity contribution is 5.92. The summed E-state index contributed by atoms with van der Waals surface area (Å²) in [5.41, 5.74) is 0.985. The monoisotopic (exact) mass is 207 g/mol. The summed E-state index contributed by atoms with van der Waals surface area (Å²) in [6.45, 7) is 1.93. The van der Waals surface area contributed by atoms with E-state index in [1.165, 1.54) is 19.3 Å². The van der Waals surface area contributed by atoms with Gasteiger partial charge in [0, 0.05) is 11.5 Å². The standard InChI is InChI=1S/C11H17N3O/c1-8-7-12-14-10(8)13-11(15)9-5-3-2-4-6-9/h7,9H,2-6H2,1H3,(H2,12,13,14,15). The van der Waals surface area contributed by atoms with Gasteiger partial charge in [-0.15, -0.1) is 0 Å². The summed E-state index contributed by atoms with van der Waals surface area (Å²) in [5.74, 6) is 1.08. The van der Waals surface area contributed by atoms with Gasteiger partial charge in [0.15, 0.2) is 0 Å². The van der Waals surface area contributed by atoms with Gasteiger partial charge in [-0.3, -0.25) is 9.89 Å². The van der Waals surface area contributed by atoms with Gasteiger partial charge in [0.1, 0.15) is 5.82 Å². The molecular weight excluding hydrogens is 190 g/mol. The van der Waals surface area contributed by atoms with Gasteiger partial charge in [-0.1, -0.05) is 19.3 Å². The van der Waals surface area contributed by atoms with Gasteiger partial charge >= 0.3 is 0 Å². The number of nitrogens with one attached hydrogen (secondary N) is 2. The molecule has 0 unspecified atom stereocenters. The fourth-order valence-electron chi connectivity index (χ4n) is 2.06. The number of hydrogen-bond donors (Lipinski definition) is 2. The number of carbonyl (C=O) groups is 1. The Morgan fingerprint density at radius 1 is 1.47 bits per heavy atom. The number of H-pyrrole nitrogens is 1. The number of amides is 1. The van der Waals surface area contributed by atoms with Crippen LogP contribution in [0.25, 0.3) is 0 Å². The molecule has 82 valence electrons. The van der Waals surface area contributed by atoms with Crippen molar-refractivity contribution in [3.63, 3.8) is 0 Å². The summed E-state index contributed by atoms with van der Waals surface area (Å²) < 4.78 is 0. The van der Waals surface area contributed by atoms with E-state index in [9.17, 15) is 4.79 Å². The van der Waals surface area contributed by atoms with Crippen LogP contribution in [0.4, 0.5) is 5.82 Å². The van der Waals surface area contributed by atoms with Crippen molar-refractivity contribution in [1.29, 1.82) is 0 Å². The Labute approximate surface area is 89.5 Å². The molecule has 1 aromatic rings. The molecule has 0 saturated heterocycles. The van der Waals surface area contributed by atoms with Crippen molar-refractivity contribution < 1.29 is 4.79 Å². The first-order chi connectivity index (χ1) is 7.27. The van der Waals surface area contributed by atoms with E-state index in [0.29, 0.717) is 0 Å². The number of aryl methyl sites for hydroxylation is 1. The lowest BCUT2D eigenvalue weighted by Crippen LogP contribution is -2.25. The smallest absolute Gasteiger partial charge is 0.228 e. The van der Waals surface area contributed by atoms with E-state index in [4.69, 9.17) is 0 Å². The first kappa shape index (κ1) is 10.2. The van der Waals surface area contributed by atoms with Crippen LogP contribution in [0.5, 0.6) is 0 Å². The molecule has 0 bridgehead atoms. The molecule has 0 aliphatic heterocycles. The topological polar surface area (TPSA) is 57.8 Å². The first-order valence-corrected chi connectivity index (χ1v) is 5.58. The van der Waals surface area contributed by atoms with Crippen LogP contribution >= 0.6 is 0 Å². The third-order valence-electron chi connectivity index (χ3n) is 3.05. The molecule has 2 rings (SSSR count). The SMILES string of the molecule is Cc1cn[nH]c1NC(=O)C1CCCCC1. The van der Waals surface area contributed by atoms with Gasteiger partial charge in [0.25, 0.3) is 0 Å². The highest BCUT2D eigenvalue weighted by atomic mass is 16.1. The molecule has 0 atom stereocenters. The third-order valence-corrected chi connectivity index (χ3v) is 3.05. The zero-order valence-corrected chi connectivity index (χ0v) is 9.05. The Bertz CT molecular complexity index is 339. The van der Waals surface area contributed by atoms with E-state index >= 15 is 0 Å². The second kappa shape index (κ2) is 4.47. The minimum atomic E-state index is 0.141. The average molecular weight is 207 g/mol. The predicted molar refractivity (Wildman–Crippen MR) is 58.5 cm³/mol. The molecule has 0 radical (unpaired) electrons. The van der Waals surface area contributed by atoms with E-state index < -0.39 is 0 Å². The van der Waals surface area contributed by atoms with Crippen molar-refractivity contribution in [2.75, 3.05) is 5.32 Å². The first-order valence-electron chi connectivity index (χ1n) is 5.58. The Kier molecular flexibility index (Phi) is 3.04. The molecule has 1 saturated carbocycles. The maximum absolute atomic E-state index is 11.9. The van der Waals surface area contributed by atoms with Crippen molar-refractivity contribution in [2.24, 2.45) is 5.92 Å². The van der Waals surface area contributed by atoms with Crippen molar-refractivity contribution in [3.05, 3.63) is 11.8 Å². The van der Waals surface area contributed by atoms with Crippen molar-refractivity contribution in [3.8, 4) is 0 Å². The zero-order valence-electron chi connectivity index (χ0n) is 9.05. The highest BCUT2D eigenvalue weighted by Gasteiger charge is 2.21. The van der Waals surface area contributed by atoms with Crippen LogP contribution < -0.4 is 5.32 Å². The Morgan fingerprint density at radius 2 is 2.20 bits per heavy atom. The molecule has 4 heteroatoms. The molecule has 1 aliphatic rings. The van der Waals surface area contributed by atoms with E-state index in [-0.39, 0.29) is 11.8 Å². The van der Waals surface area contributed by atoms with Crippen molar-refractivity contribution in [2.45, 2.75) is 39.0 Å². The number of aromatic amines is 1. The quantitative estimate of drug-likeness (QED) is 0.781. The van der Waals surface area contributed by atoms with E-state index in [1.807, 2.05) is 6.92 Å². The second-order valence-electron chi connectivity index (χ2n) is 4.25. The average Bonchev–Trinajstić information content (AvgIpc) is 2.66. The number of aromatic nitrogens is 2. The molecule has 1 amide bonds. The van der Waals surface area contributed by atoms with Crippen LogP contribution in [-0.2, 0) is 4.79 Å².